The van der Waals surface area contributed by atoms with Gasteiger partial charge in [-0.3, -0.25) is 24.4 Å². The number of benzene rings is 2. The molecule has 3 aromatic rings. The molecule has 9 nitrogen and oxygen atoms in total. The maximum absolute atomic E-state index is 12.6. The summed E-state index contributed by atoms with van der Waals surface area (Å²) < 4.78 is 5.61. The first-order valence-corrected chi connectivity index (χ1v) is 13.4. The Kier molecular flexibility index (Phi) is 8.80. The number of H-pyrrole nitrogens is 1. The van der Waals surface area contributed by atoms with Crippen LogP contribution in [-0.4, -0.2) is 89.5 Å². The molecular formula is C29H36N6O3. The number of hydrogen-bond acceptors (Lipinski definition) is 7. The van der Waals surface area contributed by atoms with Crippen LogP contribution in [0.15, 0.2) is 71.5 Å². The highest BCUT2D eigenvalue weighted by molar-refractivity contribution is 5.77. The maximum atomic E-state index is 12.6. The number of anilines is 1. The average molecular weight is 517 g/mol. The van der Waals surface area contributed by atoms with Crippen molar-refractivity contribution in [2.45, 2.75) is 19.7 Å². The van der Waals surface area contributed by atoms with Gasteiger partial charge in [0.1, 0.15) is 6.61 Å². The van der Waals surface area contributed by atoms with Crippen LogP contribution in [-0.2, 0) is 29.2 Å². The second kappa shape index (κ2) is 12.8. The van der Waals surface area contributed by atoms with Gasteiger partial charge in [0.15, 0.2) is 0 Å². The smallest absolute Gasteiger partial charge is 0.252 e. The molecule has 9 heteroatoms. The summed E-state index contributed by atoms with van der Waals surface area (Å²) >= 11 is 0. The van der Waals surface area contributed by atoms with Crippen LogP contribution < -0.4 is 10.5 Å². The second-order valence-corrected chi connectivity index (χ2v) is 9.94. The highest BCUT2D eigenvalue weighted by Crippen LogP contribution is 2.14. The summed E-state index contributed by atoms with van der Waals surface area (Å²) in [4.78, 5) is 41.4. The largest absolute Gasteiger partial charge is 0.367 e. The van der Waals surface area contributed by atoms with E-state index in [-0.39, 0.29) is 18.1 Å². The molecule has 2 saturated heterocycles. The number of nitrogens with zero attached hydrogens (tertiary/aromatic N) is 5. The lowest BCUT2D eigenvalue weighted by Gasteiger charge is -2.36. The number of hydrogen-bond donors (Lipinski definition) is 1. The Labute approximate surface area is 223 Å². The summed E-state index contributed by atoms with van der Waals surface area (Å²) in [7, 11) is 0. The topological polar surface area (TPSA) is 85.0 Å². The summed E-state index contributed by atoms with van der Waals surface area (Å²) in [5, 5.41) is 0. The number of piperazine rings is 2. The summed E-state index contributed by atoms with van der Waals surface area (Å²) in [5.41, 5.74) is 3.03. The Balaban J connectivity index is 1.08. The van der Waals surface area contributed by atoms with Gasteiger partial charge >= 0.3 is 0 Å². The van der Waals surface area contributed by atoms with Crippen LogP contribution in [0, 0.1) is 0 Å². The van der Waals surface area contributed by atoms with E-state index in [9.17, 15) is 9.59 Å². The second-order valence-electron chi connectivity index (χ2n) is 9.94. The molecule has 1 aromatic heterocycles. The molecule has 200 valence electrons. The zero-order valence-corrected chi connectivity index (χ0v) is 21.8. The third-order valence-corrected chi connectivity index (χ3v) is 7.15. The molecule has 0 radical (unpaired) electrons. The van der Waals surface area contributed by atoms with Gasteiger partial charge in [0.25, 0.3) is 5.56 Å². The maximum Gasteiger partial charge on any atom is 0.252 e. The summed E-state index contributed by atoms with van der Waals surface area (Å²) in [6, 6.07) is 22.0. The van der Waals surface area contributed by atoms with Crippen LogP contribution in [0.1, 0.15) is 16.8 Å². The molecule has 2 fully saturated rings. The van der Waals surface area contributed by atoms with Crippen LogP contribution >= 0.6 is 0 Å². The first-order chi connectivity index (χ1) is 18.6. The molecule has 1 N–H and O–H groups in total. The third-order valence-electron chi connectivity index (χ3n) is 7.15. The fraction of sp³-hybridized carbons (Fsp3) is 0.414. The Morgan fingerprint density at radius 1 is 0.789 bits per heavy atom. The zero-order chi connectivity index (χ0) is 26.2. The molecule has 0 atom stereocenters. The third kappa shape index (κ3) is 7.28. The molecule has 0 unspecified atom stereocenters. The summed E-state index contributed by atoms with van der Waals surface area (Å²) in [6.07, 6.45) is 0. The highest BCUT2D eigenvalue weighted by atomic mass is 16.5. The summed E-state index contributed by atoms with van der Waals surface area (Å²) in [5.74, 6) is 0.574. The molecule has 3 heterocycles. The van der Waals surface area contributed by atoms with E-state index in [1.165, 1.54) is 5.56 Å². The van der Waals surface area contributed by atoms with E-state index in [1.807, 2.05) is 41.3 Å². The minimum atomic E-state index is -0.138. The number of aromatic amines is 1. The van der Waals surface area contributed by atoms with E-state index in [0.29, 0.717) is 45.3 Å². The van der Waals surface area contributed by atoms with Crippen molar-refractivity contribution in [3.63, 3.8) is 0 Å². The fourth-order valence-electron chi connectivity index (χ4n) is 4.99. The lowest BCUT2D eigenvalue weighted by Crippen LogP contribution is -2.50. The number of amides is 1. The average Bonchev–Trinajstić information content (AvgIpc) is 2.95. The van der Waals surface area contributed by atoms with E-state index in [4.69, 9.17) is 9.72 Å². The normalized spacial score (nSPS) is 17.1. The molecule has 1 amide bonds. The van der Waals surface area contributed by atoms with Gasteiger partial charge in [0, 0.05) is 71.5 Å². The van der Waals surface area contributed by atoms with Gasteiger partial charge in [-0.2, -0.15) is 0 Å². The van der Waals surface area contributed by atoms with Gasteiger partial charge in [-0.05, 0) is 11.1 Å². The van der Waals surface area contributed by atoms with Crippen molar-refractivity contribution in [2.24, 2.45) is 0 Å². The van der Waals surface area contributed by atoms with Crippen LogP contribution in [0.25, 0.3) is 0 Å². The number of rotatable bonds is 9. The van der Waals surface area contributed by atoms with Crippen LogP contribution in [0.5, 0.6) is 0 Å². The van der Waals surface area contributed by atoms with Crippen molar-refractivity contribution >= 4 is 11.9 Å². The molecule has 38 heavy (non-hydrogen) atoms. The predicted molar refractivity (Wildman–Crippen MR) is 147 cm³/mol. The van der Waals surface area contributed by atoms with Crippen molar-refractivity contribution < 1.29 is 9.53 Å². The lowest BCUT2D eigenvalue weighted by atomic mass is 10.2. The first kappa shape index (κ1) is 26.1. The zero-order valence-electron chi connectivity index (χ0n) is 21.8. The molecule has 5 rings (SSSR count). The van der Waals surface area contributed by atoms with Gasteiger partial charge < -0.3 is 14.5 Å². The number of ether oxygens (including phenoxy) is 1. The van der Waals surface area contributed by atoms with Gasteiger partial charge in [0.2, 0.25) is 11.9 Å². The molecular weight excluding hydrogens is 480 g/mol. The van der Waals surface area contributed by atoms with E-state index >= 15 is 0 Å². The number of aromatic nitrogens is 2. The van der Waals surface area contributed by atoms with E-state index in [1.54, 1.807) is 6.07 Å². The fourth-order valence-corrected chi connectivity index (χ4v) is 4.99. The van der Waals surface area contributed by atoms with Crippen molar-refractivity contribution in [1.82, 2.24) is 24.7 Å². The van der Waals surface area contributed by atoms with Gasteiger partial charge in [-0.1, -0.05) is 60.7 Å². The van der Waals surface area contributed by atoms with Crippen LogP contribution in [0.2, 0.25) is 0 Å². The van der Waals surface area contributed by atoms with Gasteiger partial charge in [0.05, 0.1) is 12.3 Å². The van der Waals surface area contributed by atoms with E-state index in [0.717, 1.165) is 44.0 Å². The molecule has 2 aromatic carbocycles. The van der Waals surface area contributed by atoms with Crippen LogP contribution in [0.4, 0.5) is 5.95 Å². The molecule has 0 aliphatic carbocycles. The molecule has 0 bridgehead atoms. The standard InChI is InChI=1S/C29H36N6O3/c36-27-19-26(21-33-13-11-32(12-14-33)20-24-7-3-1-4-8-24)30-29(31-27)35-17-15-34(16-18-35)28(37)23-38-22-25-9-5-2-6-10-25/h1-10,19H,11-18,20-23H2,(H,30,31,36). The van der Waals surface area contributed by atoms with Crippen molar-refractivity contribution in [2.75, 3.05) is 63.9 Å². The SMILES string of the molecule is O=C(COCc1ccccc1)N1CCN(c2nc(CN3CCN(Cc4ccccc4)CC3)cc(=O)[nH]2)CC1. The quantitative estimate of drug-likeness (QED) is 0.465. The Morgan fingerprint density at radius 2 is 1.39 bits per heavy atom. The first-order valence-electron chi connectivity index (χ1n) is 13.4. The number of carbonyl (C=O) groups excluding carboxylic acids is 1. The van der Waals surface area contributed by atoms with Gasteiger partial charge in [-0.25, -0.2) is 4.98 Å². The van der Waals surface area contributed by atoms with Gasteiger partial charge in [-0.15, -0.1) is 0 Å². The number of carbonyl (C=O) groups is 1. The lowest BCUT2D eigenvalue weighted by molar-refractivity contribution is -0.136. The monoisotopic (exact) mass is 516 g/mol. The Morgan fingerprint density at radius 3 is 2.05 bits per heavy atom. The minimum Gasteiger partial charge on any atom is -0.367 e. The summed E-state index contributed by atoms with van der Waals surface area (Å²) in [6.45, 7) is 8.40. The molecule has 2 aliphatic heterocycles. The van der Waals surface area contributed by atoms with Crippen LogP contribution in [0.3, 0.4) is 0 Å². The van der Waals surface area contributed by atoms with E-state index in [2.05, 4.69) is 43.9 Å². The molecule has 0 spiro atoms. The predicted octanol–water partition coefficient (Wildman–Crippen LogP) is 1.95. The van der Waals surface area contributed by atoms with Crippen molar-refractivity contribution in [1.29, 1.82) is 0 Å². The minimum absolute atomic E-state index is 0.0119. The van der Waals surface area contributed by atoms with E-state index < -0.39 is 0 Å². The molecule has 0 saturated carbocycles. The Bertz CT molecular complexity index is 1220. The number of nitrogens with one attached hydrogen (secondary N) is 1. The Hall–Kier alpha value is -3.53. The van der Waals surface area contributed by atoms with Crippen molar-refractivity contribution in [3.05, 3.63) is 93.9 Å². The van der Waals surface area contributed by atoms with Crippen molar-refractivity contribution in [3.8, 4) is 0 Å². The highest BCUT2D eigenvalue weighted by Gasteiger charge is 2.23. The molecule has 2 aliphatic rings.